The second-order valence-corrected chi connectivity index (χ2v) is 5.79. The Bertz CT molecular complexity index is 270. The van der Waals surface area contributed by atoms with E-state index in [1.165, 1.54) is 32.4 Å². The fraction of sp³-hybridized carbons (Fsp3) is 0.923. The van der Waals surface area contributed by atoms with Crippen molar-refractivity contribution in [2.24, 2.45) is 5.73 Å². The number of nitrogens with zero attached hydrogens (tertiary/aromatic N) is 1. The van der Waals surface area contributed by atoms with Crippen molar-refractivity contribution in [3.05, 3.63) is 0 Å². The molecule has 2 aliphatic rings. The molecule has 0 bridgehead atoms. The minimum absolute atomic E-state index is 0.123. The van der Waals surface area contributed by atoms with Crippen LogP contribution in [0.3, 0.4) is 0 Å². The van der Waals surface area contributed by atoms with Crippen LogP contribution in [-0.2, 0) is 4.79 Å². The number of hydrogen-bond donors (Lipinski definition) is 2. The van der Waals surface area contributed by atoms with Gasteiger partial charge in [0.25, 0.3) is 0 Å². The van der Waals surface area contributed by atoms with Gasteiger partial charge in [0.15, 0.2) is 0 Å². The lowest BCUT2D eigenvalue weighted by Gasteiger charge is -2.37. The summed E-state index contributed by atoms with van der Waals surface area (Å²) in [7, 11) is 0. The molecule has 17 heavy (non-hydrogen) atoms. The van der Waals surface area contributed by atoms with Gasteiger partial charge in [0, 0.05) is 24.5 Å². The Kier molecular flexibility index (Phi) is 4.05. The van der Waals surface area contributed by atoms with Crippen molar-refractivity contribution >= 4 is 5.91 Å². The predicted octanol–water partition coefficient (Wildman–Crippen LogP) is 0.858. The van der Waals surface area contributed by atoms with Gasteiger partial charge >= 0.3 is 0 Å². The summed E-state index contributed by atoms with van der Waals surface area (Å²) in [6.07, 6.45) is 6.27. The number of carbonyl (C=O) groups is 1. The van der Waals surface area contributed by atoms with Crippen LogP contribution >= 0.6 is 0 Å². The number of nitrogens with one attached hydrogen (secondary N) is 1. The third kappa shape index (κ3) is 3.42. The van der Waals surface area contributed by atoms with Crippen molar-refractivity contribution in [1.82, 2.24) is 10.2 Å². The zero-order chi connectivity index (χ0) is 12.3. The summed E-state index contributed by atoms with van der Waals surface area (Å²) in [6, 6.07) is 0.455. The van der Waals surface area contributed by atoms with E-state index in [0.29, 0.717) is 12.5 Å². The zero-order valence-corrected chi connectivity index (χ0v) is 10.9. The average Bonchev–Trinajstić information content (AvgIpc) is 2.77. The van der Waals surface area contributed by atoms with Gasteiger partial charge in [-0.15, -0.1) is 0 Å². The highest BCUT2D eigenvalue weighted by molar-refractivity contribution is 5.77. The third-order valence-corrected chi connectivity index (χ3v) is 4.22. The molecule has 0 aromatic rings. The van der Waals surface area contributed by atoms with Crippen molar-refractivity contribution in [1.29, 1.82) is 0 Å². The van der Waals surface area contributed by atoms with E-state index in [0.717, 1.165) is 19.4 Å². The van der Waals surface area contributed by atoms with E-state index in [1.807, 2.05) is 0 Å². The van der Waals surface area contributed by atoms with Gasteiger partial charge in [0.1, 0.15) is 0 Å². The Hall–Kier alpha value is -0.610. The van der Waals surface area contributed by atoms with Crippen LogP contribution in [0.25, 0.3) is 0 Å². The van der Waals surface area contributed by atoms with Crippen LogP contribution in [0, 0.1) is 0 Å². The highest BCUT2D eigenvalue weighted by Gasteiger charge is 2.34. The highest BCUT2D eigenvalue weighted by atomic mass is 16.1. The molecule has 1 atom stereocenters. The highest BCUT2D eigenvalue weighted by Crippen LogP contribution is 2.31. The van der Waals surface area contributed by atoms with Crippen LogP contribution in [0.2, 0.25) is 0 Å². The van der Waals surface area contributed by atoms with E-state index in [1.54, 1.807) is 0 Å². The number of rotatable bonds is 5. The summed E-state index contributed by atoms with van der Waals surface area (Å²) >= 11 is 0. The molecule has 1 aliphatic heterocycles. The maximum atomic E-state index is 11.8. The Morgan fingerprint density at radius 2 is 2.00 bits per heavy atom. The maximum absolute atomic E-state index is 11.8. The minimum atomic E-state index is -0.193. The Balaban J connectivity index is 1.65. The SMILES string of the molecule is CC(CNC(=O)CC1(N)CCC1)N1CCCC1. The number of amides is 1. The van der Waals surface area contributed by atoms with Gasteiger partial charge in [0.05, 0.1) is 0 Å². The zero-order valence-electron chi connectivity index (χ0n) is 10.9. The third-order valence-electron chi connectivity index (χ3n) is 4.22. The molecule has 0 radical (unpaired) electrons. The molecule has 1 amide bonds. The standard InChI is InChI=1S/C13H25N3O/c1-11(16-7-2-3-8-16)10-15-12(17)9-13(14)5-4-6-13/h11H,2-10,14H2,1H3,(H,15,17). The van der Waals surface area contributed by atoms with Crippen molar-refractivity contribution in [2.45, 2.75) is 57.0 Å². The first-order valence-corrected chi connectivity index (χ1v) is 6.89. The van der Waals surface area contributed by atoms with E-state index in [-0.39, 0.29) is 11.4 Å². The lowest BCUT2D eigenvalue weighted by Crippen LogP contribution is -2.51. The van der Waals surface area contributed by atoms with Crippen LogP contribution in [0.1, 0.15) is 45.4 Å². The van der Waals surface area contributed by atoms with E-state index < -0.39 is 0 Å². The molecule has 3 N–H and O–H groups in total. The monoisotopic (exact) mass is 239 g/mol. The van der Waals surface area contributed by atoms with E-state index in [9.17, 15) is 4.79 Å². The van der Waals surface area contributed by atoms with Gasteiger partial charge in [-0.25, -0.2) is 0 Å². The van der Waals surface area contributed by atoms with Gasteiger partial charge in [-0.3, -0.25) is 9.69 Å². The van der Waals surface area contributed by atoms with Crippen molar-refractivity contribution in [3.8, 4) is 0 Å². The van der Waals surface area contributed by atoms with Crippen molar-refractivity contribution in [3.63, 3.8) is 0 Å². The Morgan fingerprint density at radius 3 is 2.53 bits per heavy atom. The lowest BCUT2D eigenvalue weighted by atomic mass is 9.75. The molecule has 2 fully saturated rings. The van der Waals surface area contributed by atoms with Gasteiger partial charge < -0.3 is 11.1 Å². The molecule has 1 saturated carbocycles. The predicted molar refractivity (Wildman–Crippen MR) is 68.7 cm³/mol. The molecule has 1 heterocycles. The molecular weight excluding hydrogens is 214 g/mol. The second kappa shape index (κ2) is 5.36. The topological polar surface area (TPSA) is 58.4 Å². The molecule has 1 saturated heterocycles. The van der Waals surface area contributed by atoms with Crippen LogP contribution in [-0.4, -0.2) is 42.0 Å². The summed E-state index contributed by atoms with van der Waals surface area (Å²) in [5.74, 6) is 0.123. The number of nitrogens with two attached hydrogens (primary N) is 1. The van der Waals surface area contributed by atoms with Crippen LogP contribution < -0.4 is 11.1 Å². The smallest absolute Gasteiger partial charge is 0.221 e. The summed E-state index contributed by atoms with van der Waals surface area (Å²) in [4.78, 5) is 14.2. The average molecular weight is 239 g/mol. The molecule has 4 heteroatoms. The molecule has 98 valence electrons. The molecule has 0 aromatic heterocycles. The van der Waals surface area contributed by atoms with Gasteiger partial charge in [-0.2, -0.15) is 0 Å². The minimum Gasteiger partial charge on any atom is -0.354 e. The molecule has 4 nitrogen and oxygen atoms in total. The van der Waals surface area contributed by atoms with Crippen LogP contribution in [0.15, 0.2) is 0 Å². The second-order valence-electron chi connectivity index (χ2n) is 5.79. The fourth-order valence-corrected chi connectivity index (χ4v) is 2.76. The largest absolute Gasteiger partial charge is 0.354 e. The first kappa shape index (κ1) is 12.8. The molecule has 1 unspecified atom stereocenters. The summed E-state index contributed by atoms with van der Waals surface area (Å²) < 4.78 is 0. The van der Waals surface area contributed by atoms with Crippen LogP contribution in [0.5, 0.6) is 0 Å². The van der Waals surface area contributed by atoms with E-state index in [2.05, 4.69) is 17.1 Å². The van der Waals surface area contributed by atoms with E-state index >= 15 is 0 Å². The summed E-state index contributed by atoms with van der Waals surface area (Å²) in [6.45, 7) is 5.30. The summed E-state index contributed by atoms with van der Waals surface area (Å²) in [5.41, 5.74) is 5.87. The first-order valence-electron chi connectivity index (χ1n) is 6.89. The number of likely N-dealkylation sites (tertiary alicyclic amines) is 1. The molecule has 1 aliphatic carbocycles. The van der Waals surface area contributed by atoms with Gasteiger partial charge in [-0.05, 0) is 52.1 Å². The Morgan fingerprint density at radius 1 is 1.35 bits per heavy atom. The molecular formula is C13H25N3O. The molecule has 0 spiro atoms. The summed E-state index contributed by atoms with van der Waals surface area (Å²) in [5, 5.41) is 3.02. The van der Waals surface area contributed by atoms with Crippen molar-refractivity contribution in [2.75, 3.05) is 19.6 Å². The molecule has 2 rings (SSSR count). The molecule has 0 aromatic carbocycles. The fourth-order valence-electron chi connectivity index (χ4n) is 2.76. The Labute approximate surface area is 104 Å². The van der Waals surface area contributed by atoms with Crippen molar-refractivity contribution < 1.29 is 4.79 Å². The quantitative estimate of drug-likeness (QED) is 0.748. The van der Waals surface area contributed by atoms with E-state index in [4.69, 9.17) is 5.73 Å². The first-order chi connectivity index (χ1) is 8.09. The number of hydrogen-bond acceptors (Lipinski definition) is 3. The van der Waals surface area contributed by atoms with Gasteiger partial charge in [0.2, 0.25) is 5.91 Å². The maximum Gasteiger partial charge on any atom is 0.221 e. The van der Waals surface area contributed by atoms with Crippen LogP contribution in [0.4, 0.5) is 0 Å². The lowest BCUT2D eigenvalue weighted by molar-refractivity contribution is -0.123. The van der Waals surface area contributed by atoms with Gasteiger partial charge in [-0.1, -0.05) is 0 Å². The number of carbonyl (C=O) groups excluding carboxylic acids is 1. The normalized spacial score (nSPS) is 25.3.